The van der Waals surface area contributed by atoms with Crippen molar-refractivity contribution in [1.82, 2.24) is 15.2 Å². The number of nitrogens with zero attached hydrogens (tertiary/aromatic N) is 1. The number of aromatic nitrogens is 1. The second-order valence-electron chi connectivity index (χ2n) is 4.66. The Balaban J connectivity index is 2.07. The van der Waals surface area contributed by atoms with Crippen LogP contribution in [0.1, 0.15) is 30.8 Å². The first-order valence-corrected chi connectivity index (χ1v) is 6.70. The topological polar surface area (TPSA) is 82.3 Å². The summed E-state index contributed by atoms with van der Waals surface area (Å²) in [6.45, 7) is 3.53. The molecule has 6 nitrogen and oxygen atoms in total. The van der Waals surface area contributed by atoms with Crippen LogP contribution in [0.5, 0.6) is 0 Å². The monoisotopic (exact) mass is 327 g/mol. The summed E-state index contributed by atoms with van der Waals surface area (Å²) in [5, 5.41) is 2.57. The van der Waals surface area contributed by atoms with Gasteiger partial charge in [-0.2, -0.15) is 0 Å². The lowest BCUT2D eigenvalue weighted by Gasteiger charge is -2.19. The maximum atomic E-state index is 12.0. The van der Waals surface area contributed by atoms with Crippen molar-refractivity contribution in [3.63, 3.8) is 0 Å². The van der Waals surface area contributed by atoms with Gasteiger partial charge in [0.25, 0.3) is 11.8 Å². The van der Waals surface area contributed by atoms with Crippen LogP contribution in [0, 0.1) is 0 Å². The second kappa shape index (κ2) is 5.16. The first-order valence-electron chi connectivity index (χ1n) is 5.91. The van der Waals surface area contributed by atoms with Gasteiger partial charge in [-0.15, -0.1) is 0 Å². The smallest absolute Gasteiger partial charge is 0.268 e. The maximum absolute atomic E-state index is 12.0. The summed E-state index contributed by atoms with van der Waals surface area (Å²) in [6.07, 6.45) is 1.64. The normalized spacial score (nSPS) is 19.4. The molecule has 2 N–H and O–H groups in total. The second-order valence-corrected chi connectivity index (χ2v) is 5.57. The van der Waals surface area contributed by atoms with Crippen LogP contribution in [0.15, 0.2) is 16.7 Å². The van der Waals surface area contributed by atoms with Crippen LogP contribution >= 0.6 is 15.9 Å². The minimum Gasteiger partial charge on any atom is -0.356 e. The number of amides is 3. The zero-order chi connectivity index (χ0) is 14.2. The number of H-pyrrole nitrogens is 1. The predicted molar refractivity (Wildman–Crippen MR) is 71.4 cm³/mol. The Morgan fingerprint density at radius 2 is 2.21 bits per heavy atom. The molecule has 19 heavy (non-hydrogen) atoms. The van der Waals surface area contributed by atoms with Crippen LogP contribution < -0.4 is 5.32 Å². The first-order chi connectivity index (χ1) is 8.90. The van der Waals surface area contributed by atoms with Crippen LogP contribution in [0.4, 0.5) is 0 Å². The molecule has 1 fully saturated rings. The van der Waals surface area contributed by atoms with Gasteiger partial charge >= 0.3 is 0 Å². The number of imide groups is 1. The molecule has 102 valence electrons. The van der Waals surface area contributed by atoms with Gasteiger partial charge in [-0.25, -0.2) is 0 Å². The molecule has 0 bridgehead atoms. The third kappa shape index (κ3) is 2.70. The molecule has 3 amide bonds. The van der Waals surface area contributed by atoms with E-state index in [0.29, 0.717) is 5.69 Å². The van der Waals surface area contributed by atoms with Crippen LogP contribution in [0.2, 0.25) is 0 Å². The van der Waals surface area contributed by atoms with Crippen LogP contribution in [0.3, 0.4) is 0 Å². The van der Waals surface area contributed by atoms with Crippen molar-refractivity contribution in [2.24, 2.45) is 0 Å². The van der Waals surface area contributed by atoms with Crippen molar-refractivity contribution in [3.05, 3.63) is 22.4 Å². The number of carbonyl (C=O) groups excluding carboxylic acids is 3. The minimum absolute atomic E-state index is 0.0185. The third-order valence-corrected chi connectivity index (χ3v) is 3.35. The number of carbonyl (C=O) groups is 3. The van der Waals surface area contributed by atoms with Crippen LogP contribution in [-0.2, 0) is 9.59 Å². The molecule has 0 unspecified atom stereocenters. The molecule has 1 saturated heterocycles. The Labute approximate surface area is 118 Å². The molecule has 1 aliphatic heterocycles. The molecule has 7 heteroatoms. The van der Waals surface area contributed by atoms with Crippen molar-refractivity contribution in [2.45, 2.75) is 32.4 Å². The predicted octanol–water partition coefficient (Wildman–Crippen LogP) is 1.04. The highest BCUT2D eigenvalue weighted by Crippen LogP contribution is 2.17. The SMILES string of the molecule is CC(C)N1C(=O)C[C@H](NC(=O)c2cc(Br)c[nH]2)C1=O. The fourth-order valence-electron chi connectivity index (χ4n) is 2.04. The van der Waals surface area contributed by atoms with Gasteiger partial charge in [-0.05, 0) is 35.8 Å². The van der Waals surface area contributed by atoms with Crippen molar-refractivity contribution < 1.29 is 14.4 Å². The Kier molecular flexibility index (Phi) is 3.75. The molecule has 0 radical (unpaired) electrons. The van der Waals surface area contributed by atoms with Crippen molar-refractivity contribution in [1.29, 1.82) is 0 Å². The Morgan fingerprint density at radius 3 is 2.68 bits per heavy atom. The molecule has 1 atom stereocenters. The number of aromatic amines is 1. The zero-order valence-electron chi connectivity index (χ0n) is 10.6. The van der Waals surface area contributed by atoms with E-state index in [0.717, 1.165) is 4.47 Å². The number of nitrogens with one attached hydrogen (secondary N) is 2. The van der Waals surface area contributed by atoms with Crippen molar-refractivity contribution in [3.8, 4) is 0 Å². The minimum atomic E-state index is -0.774. The standard InChI is InChI=1S/C12H14BrN3O3/c1-6(2)16-10(17)4-9(12(16)19)15-11(18)8-3-7(13)5-14-8/h3,5-6,9,14H,4H2,1-2H3,(H,15,18)/t9-/m0/s1. The van der Waals surface area contributed by atoms with Crippen molar-refractivity contribution in [2.75, 3.05) is 0 Å². The van der Waals surface area contributed by atoms with E-state index >= 15 is 0 Å². The maximum Gasteiger partial charge on any atom is 0.268 e. The molecular weight excluding hydrogens is 314 g/mol. The lowest BCUT2D eigenvalue weighted by Crippen LogP contribution is -2.43. The lowest BCUT2D eigenvalue weighted by molar-refractivity contribution is -0.140. The molecular formula is C12H14BrN3O3. The summed E-state index contributed by atoms with van der Waals surface area (Å²) in [5.41, 5.74) is 0.343. The number of hydrogen-bond donors (Lipinski definition) is 2. The molecule has 2 heterocycles. The Hall–Kier alpha value is -1.63. The zero-order valence-corrected chi connectivity index (χ0v) is 12.2. The van der Waals surface area contributed by atoms with E-state index in [1.165, 1.54) is 4.90 Å². The summed E-state index contributed by atoms with van der Waals surface area (Å²) in [6, 6.07) is 0.641. The molecule has 0 aromatic carbocycles. The average molecular weight is 328 g/mol. The number of rotatable bonds is 3. The molecule has 1 aromatic heterocycles. The van der Waals surface area contributed by atoms with Gasteiger partial charge in [-0.1, -0.05) is 0 Å². The number of likely N-dealkylation sites (tertiary alicyclic amines) is 1. The van der Waals surface area contributed by atoms with E-state index in [-0.39, 0.29) is 24.3 Å². The van der Waals surface area contributed by atoms with Gasteiger partial charge in [0, 0.05) is 16.7 Å². The molecule has 0 saturated carbocycles. The highest BCUT2D eigenvalue weighted by molar-refractivity contribution is 9.10. The first kappa shape index (κ1) is 13.8. The van der Waals surface area contributed by atoms with E-state index in [1.807, 2.05) is 0 Å². The molecule has 0 aliphatic carbocycles. The summed E-state index contributed by atoms with van der Waals surface area (Å²) < 4.78 is 0.746. The van der Waals surface area contributed by atoms with Gasteiger partial charge < -0.3 is 10.3 Å². The quantitative estimate of drug-likeness (QED) is 0.814. The fourth-order valence-corrected chi connectivity index (χ4v) is 2.38. The number of halogens is 1. The molecule has 2 rings (SSSR count). The summed E-state index contributed by atoms with van der Waals surface area (Å²) in [4.78, 5) is 39.6. The van der Waals surface area contributed by atoms with Gasteiger partial charge in [-0.3, -0.25) is 19.3 Å². The summed E-state index contributed by atoms with van der Waals surface area (Å²) in [7, 11) is 0. The average Bonchev–Trinajstić information content (AvgIpc) is 2.84. The van der Waals surface area contributed by atoms with Crippen molar-refractivity contribution >= 4 is 33.7 Å². The van der Waals surface area contributed by atoms with Crippen LogP contribution in [0.25, 0.3) is 0 Å². The molecule has 0 spiro atoms. The lowest BCUT2D eigenvalue weighted by atomic mass is 10.2. The van der Waals surface area contributed by atoms with Gasteiger partial charge in [0.1, 0.15) is 11.7 Å². The summed E-state index contributed by atoms with van der Waals surface area (Å²) >= 11 is 3.22. The van der Waals surface area contributed by atoms with E-state index < -0.39 is 11.9 Å². The number of hydrogen-bond acceptors (Lipinski definition) is 3. The third-order valence-electron chi connectivity index (χ3n) is 2.90. The highest BCUT2D eigenvalue weighted by Gasteiger charge is 2.40. The van der Waals surface area contributed by atoms with Gasteiger partial charge in [0.15, 0.2) is 0 Å². The largest absolute Gasteiger partial charge is 0.356 e. The highest BCUT2D eigenvalue weighted by atomic mass is 79.9. The summed E-state index contributed by atoms with van der Waals surface area (Å²) in [5.74, 6) is -1.00. The van der Waals surface area contributed by atoms with E-state index in [2.05, 4.69) is 26.2 Å². The van der Waals surface area contributed by atoms with E-state index in [9.17, 15) is 14.4 Å². The van der Waals surface area contributed by atoms with E-state index in [4.69, 9.17) is 0 Å². The van der Waals surface area contributed by atoms with Crippen LogP contribution in [-0.4, -0.2) is 39.7 Å². The Bertz CT molecular complexity index is 538. The van der Waals surface area contributed by atoms with Gasteiger partial charge in [0.2, 0.25) is 5.91 Å². The molecule has 1 aromatic rings. The van der Waals surface area contributed by atoms with E-state index in [1.54, 1.807) is 26.1 Å². The fraction of sp³-hybridized carbons (Fsp3) is 0.417. The Morgan fingerprint density at radius 1 is 1.53 bits per heavy atom. The molecule has 1 aliphatic rings. The van der Waals surface area contributed by atoms with Gasteiger partial charge in [0.05, 0.1) is 6.42 Å².